The molecule has 1 aromatic carbocycles. The van der Waals surface area contributed by atoms with Crippen LogP contribution in [0, 0.1) is 0 Å². The smallest absolute Gasteiger partial charge is 0.262 e. The van der Waals surface area contributed by atoms with Crippen LogP contribution in [0.3, 0.4) is 0 Å². The lowest BCUT2D eigenvalue weighted by Gasteiger charge is -2.35. The summed E-state index contributed by atoms with van der Waals surface area (Å²) >= 11 is 1.56. The van der Waals surface area contributed by atoms with Crippen molar-refractivity contribution in [2.75, 3.05) is 26.2 Å². The van der Waals surface area contributed by atoms with Crippen LogP contribution in [0.1, 0.15) is 56.7 Å². The highest BCUT2D eigenvalue weighted by molar-refractivity contribution is 7.10. The van der Waals surface area contributed by atoms with Gasteiger partial charge in [-0.25, -0.2) is 0 Å². The van der Waals surface area contributed by atoms with Gasteiger partial charge in [0.25, 0.3) is 17.7 Å². The van der Waals surface area contributed by atoms with Gasteiger partial charge in [-0.2, -0.15) is 0 Å². The number of hydrogen-bond acceptors (Lipinski definition) is 5. The van der Waals surface area contributed by atoms with Crippen molar-refractivity contribution in [3.05, 3.63) is 57.3 Å². The number of amides is 4. The number of hydrogen-bond donors (Lipinski definition) is 0. The van der Waals surface area contributed by atoms with E-state index in [1.807, 2.05) is 17.5 Å². The molecule has 2 aromatic rings. The monoisotopic (exact) mass is 439 g/mol. The molecule has 4 rings (SSSR count). The number of carbonyl (C=O) groups excluding carboxylic acids is 4. The zero-order valence-corrected chi connectivity index (χ0v) is 18.7. The van der Waals surface area contributed by atoms with Crippen LogP contribution >= 0.6 is 11.3 Å². The molecule has 31 heavy (non-hydrogen) atoms. The largest absolute Gasteiger partial charge is 0.339 e. The fourth-order valence-corrected chi connectivity index (χ4v) is 4.69. The Balaban J connectivity index is 1.43. The highest BCUT2D eigenvalue weighted by atomic mass is 32.1. The maximum absolute atomic E-state index is 13.0. The fraction of sp³-hybridized carbons (Fsp3) is 0.391. The molecule has 0 spiro atoms. The SMILES string of the molecule is CC(C)(C)N1C(=O)c2ccc(C(=O)N3CCN(C(=O)Cc4cccs4)CC3)cc2C1=O. The van der Waals surface area contributed by atoms with Crippen LogP contribution in [0.5, 0.6) is 0 Å². The minimum absolute atomic E-state index is 0.0680. The topological polar surface area (TPSA) is 78.0 Å². The summed E-state index contributed by atoms with van der Waals surface area (Å²) in [5.74, 6) is -0.823. The van der Waals surface area contributed by atoms with E-state index in [9.17, 15) is 19.2 Å². The molecule has 0 radical (unpaired) electrons. The van der Waals surface area contributed by atoms with E-state index in [0.29, 0.717) is 43.7 Å². The van der Waals surface area contributed by atoms with Crippen LogP contribution in [0.4, 0.5) is 0 Å². The van der Waals surface area contributed by atoms with Crippen molar-refractivity contribution in [1.29, 1.82) is 0 Å². The summed E-state index contributed by atoms with van der Waals surface area (Å²) in [7, 11) is 0. The zero-order valence-electron chi connectivity index (χ0n) is 17.9. The van der Waals surface area contributed by atoms with Gasteiger partial charge >= 0.3 is 0 Å². The van der Waals surface area contributed by atoms with Crippen molar-refractivity contribution in [1.82, 2.24) is 14.7 Å². The average Bonchev–Trinajstić information content (AvgIpc) is 3.33. The molecule has 1 fully saturated rings. The molecule has 1 aromatic heterocycles. The minimum Gasteiger partial charge on any atom is -0.339 e. The molecule has 0 unspecified atom stereocenters. The van der Waals surface area contributed by atoms with Gasteiger partial charge in [0.15, 0.2) is 0 Å². The van der Waals surface area contributed by atoms with Crippen LogP contribution in [0.2, 0.25) is 0 Å². The molecule has 2 aliphatic heterocycles. The molecule has 1 saturated heterocycles. The zero-order chi connectivity index (χ0) is 22.3. The molecular formula is C23H25N3O4S. The molecule has 4 amide bonds. The van der Waals surface area contributed by atoms with Crippen LogP contribution < -0.4 is 0 Å². The number of thiophene rings is 1. The van der Waals surface area contributed by atoms with E-state index in [0.717, 1.165) is 4.88 Å². The van der Waals surface area contributed by atoms with E-state index in [1.165, 1.54) is 11.0 Å². The first kappa shape index (κ1) is 21.2. The highest BCUT2D eigenvalue weighted by Gasteiger charge is 2.42. The molecule has 2 aliphatic rings. The minimum atomic E-state index is -0.636. The summed E-state index contributed by atoms with van der Waals surface area (Å²) in [4.78, 5) is 56.7. The Kier molecular flexibility index (Phi) is 5.43. The molecule has 0 N–H and O–H groups in total. The lowest BCUT2D eigenvalue weighted by molar-refractivity contribution is -0.131. The van der Waals surface area contributed by atoms with Gasteiger partial charge in [0.1, 0.15) is 0 Å². The molecular weight excluding hydrogens is 414 g/mol. The van der Waals surface area contributed by atoms with E-state index in [2.05, 4.69) is 0 Å². The van der Waals surface area contributed by atoms with Crippen molar-refractivity contribution in [2.24, 2.45) is 0 Å². The Hall–Kier alpha value is -3.00. The van der Waals surface area contributed by atoms with Gasteiger partial charge < -0.3 is 9.80 Å². The third kappa shape index (κ3) is 3.99. The van der Waals surface area contributed by atoms with Crippen LogP contribution in [-0.4, -0.2) is 70.0 Å². The number of nitrogens with zero attached hydrogens (tertiary/aromatic N) is 3. The first-order valence-corrected chi connectivity index (χ1v) is 11.2. The van der Waals surface area contributed by atoms with Crippen LogP contribution in [-0.2, 0) is 11.2 Å². The summed E-state index contributed by atoms with van der Waals surface area (Å²) in [5.41, 5.74) is 0.355. The molecule has 0 bridgehead atoms. The van der Waals surface area contributed by atoms with Gasteiger partial charge in [-0.1, -0.05) is 6.07 Å². The number of carbonyl (C=O) groups is 4. The number of piperazine rings is 1. The predicted molar refractivity (Wildman–Crippen MR) is 117 cm³/mol. The van der Waals surface area contributed by atoms with Gasteiger partial charge in [0.2, 0.25) is 5.91 Å². The number of fused-ring (bicyclic) bond motifs is 1. The predicted octanol–water partition coefficient (Wildman–Crippen LogP) is 2.67. The second kappa shape index (κ2) is 7.92. The van der Waals surface area contributed by atoms with Gasteiger partial charge in [-0.3, -0.25) is 24.1 Å². The van der Waals surface area contributed by atoms with Gasteiger partial charge in [0, 0.05) is 42.2 Å². The summed E-state index contributed by atoms with van der Waals surface area (Å²) in [6, 6.07) is 8.57. The Morgan fingerprint density at radius 1 is 0.935 bits per heavy atom. The van der Waals surface area contributed by atoms with Crippen molar-refractivity contribution in [3.8, 4) is 0 Å². The number of benzene rings is 1. The van der Waals surface area contributed by atoms with Crippen LogP contribution in [0.25, 0.3) is 0 Å². The second-order valence-electron chi connectivity index (χ2n) is 8.81. The molecule has 0 atom stereocenters. The number of imide groups is 1. The van der Waals surface area contributed by atoms with Crippen molar-refractivity contribution < 1.29 is 19.2 Å². The van der Waals surface area contributed by atoms with E-state index in [1.54, 1.807) is 54.0 Å². The standard InChI is InChI=1S/C23H25N3O4S/c1-23(2,3)26-21(29)17-7-6-15(13-18(17)22(26)30)20(28)25-10-8-24(9-11-25)19(27)14-16-5-4-12-31-16/h4-7,12-13H,8-11,14H2,1-3H3. The van der Waals surface area contributed by atoms with Gasteiger partial charge in [0.05, 0.1) is 17.5 Å². The van der Waals surface area contributed by atoms with Crippen molar-refractivity contribution in [2.45, 2.75) is 32.7 Å². The molecule has 0 aliphatic carbocycles. The maximum atomic E-state index is 13.0. The normalized spacial score (nSPS) is 16.7. The Morgan fingerprint density at radius 3 is 2.19 bits per heavy atom. The lowest BCUT2D eigenvalue weighted by atomic mass is 10.0. The van der Waals surface area contributed by atoms with E-state index < -0.39 is 5.54 Å². The van der Waals surface area contributed by atoms with Crippen molar-refractivity contribution >= 4 is 35.0 Å². The quantitative estimate of drug-likeness (QED) is 0.689. The molecule has 162 valence electrons. The fourth-order valence-electron chi connectivity index (χ4n) is 4.00. The first-order valence-electron chi connectivity index (χ1n) is 10.3. The van der Waals surface area contributed by atoms with E-state index in [4.69, 9.17) is 0 Å². The lowest BCUT2D eigenvalue weighted by Crippen LogP contribution is -2.51. The summed E-state index contributed by atoms with van der Waals surface area (Å²) in [5, 5.41) is 1.95. The third-order valence-corrected chi connectivity index (χ3v) is 6.51. The summed E-state index contributed by atoms with van der Waals surface area (Å²) in [6.45, 7) is 7.26. The van der Waals surface area contributed by atoms with Crippen molar-refractivity contribution in [3.63, 3.8) is 0 Å². The first-order chi connectivity index (χ1) is 14.7. The van der Waals surface area contributed by atoms with Gasteiger partial charge in [-0.15, -0.1) is 11.3 Å². The average molecular weight is 440 g/mol. The molecule has 7 nitrogen and oxygen atoms in total. The molecule has 8 heteroatoms. The summed E-state index contributed by atoms with van der Waals surface area (Å²) < 4.78 is 0. The Morgan fingerprint density at radius 2 is 1.58 bits per heavy atom. The van der Waals surface area contributed by atoms with Gasteiger partial charge in [-0.05, 0) is 50.4 Å². The van der Waals surface area contributed by atoms with E-state index >= 15 is 0 Å². The Labute approximate surface area is 185 Å². The van der Waals surface area contributed by atoms with Crippen LogP contribution in [0.15, 0.2) is 35.7 Å². The highest BCUT2D eigenvalue weighted by Crippen LogP contribution is 2.30. The number of rotatable bonds is 3. The van der Waals surface area contributed by atoms with E-state index in [-0.39, 0.29) is 29.2 Å². The molecule has 0 saturated carbocycles. The summed E-state index contributed by atoms with van der Waals surface area (Å²) in [6.07, 6.45) is 0.386. The maximum Gasteiger partial charge on any atom is 0.262 e. The second-order valence-corrected chi connectivity index (χ2v) is 9.84. The Bertz CT molecular complexity index is 1050. The molecule has 3 heterocycles. The third-order valence-electron chi connectivity index (χ3n) is 5.63.